The van der Waals surface area contributed by atoms with E-state index < -0.39 is 33.7 Å². The lowest BCUT2D eigenvalue weighted by molar-refractivity contribution is -0.174. The zero-order valence-electron chi connectivity index (χ0n) is 18.3. The molecule has 33 heavy (non-hydrogen) atoms. The van der Waals surface area contributed by atoms with Gasteiger partial charge in [0.05, 0.1) is 6.42 Å². The van der Waals surface area contributed by atoms with E-state index in [9.17, 15) is 19.2 Å². The second kappa shape index (κ2) is 8.90. The maximum atomic E-state index is 13.1. The van der Waals surface area contributed by atoms with Gasteiger partial charge in [-0.05, 0) is 25.0 Å². The number of ether oxygens (including phenoxy) is 1. The van der Waals surface area contributed by atoms with E-state index in [4.69, 9.17) is 4.74 Å². The van der Waals surface area contributed by atoms with Crippen LogP contribution in [0.25, 0.3) is 0 Å². The molecule has 3 atom stereocenters. The van der Waals surface area contributed by atoms with Crippen LogP contribution in [0.15, 0.2) is 60.7 Å². The Morgan fingerprint density at radius 3 is 2.27 bits per heavy atom. The summed E-state index contributed by atoms with van der Waals surface area (Å²) in [4.78, 5) is 50.4. The van der Waals surface area contributed by atoms with Crippen molar-refractivity contribution in [3.63, 3.8) is 0 Å². The predicted octanol–water partition coefficient (Wildman–Crippen LogP) is 1.59. The van der Waals surface area contributed by atoms with Gasteiger partial charge in [-0.15, -0.1) is 11.8 Å². The van der Waals surface area contributed by atoms with E-state index in [1.54, 1.807) is 0 Å². The summed E-state index contributed by atoms with van der Waals surface area (Å²) < 4.78 is 4.75. The summed E-state index contributed by atoms with van der Waals surface area (Å²) in [6.45, 7) is 3.70. The van der Waals surface area contributed by atoms with Gasteiger partial charge in [0.15, 0.2) is 11.0 Å². The minimum absolute atomic E-state index is 0.0737. The van der Waals surface area contributed by atoms with Gasteiger partial charge in [0.2, 0.25) is 12.3 Å². The van der Waals surface area contributed by atoms with E-state index in [-0.39, 0.29) is 18.9 Å². The Hall–Kier alpha value is -3.33. The SMILES string of the molecule is CC1(C)SC2(NC=O)[C@H](NC(=O)Cc3ccccc3)C(=O)N2[C@H]1C(=O)OCc1ccccc1. The zero-order valence-corrected chi connectivity index (χ0v) is 19.1. The van der Waals surface area contributed by atoms with Gasteiger partial charge in [-0.25, -0.2) is 4.79 Å². The van der Waals surface area contributed by atoms with Crippen molar-refractivity contribution in [2.45, 2.75) is 48.7 Å². The molecule has 0 radical (unpaired) electrons. The predicted molar refractivity (Wildman–Crippen MR) is 123 cm³/mol. The highest BCUT2D eigenvalue weighted by molar-refractivity contribution is 8.02. The van der Waals surface area contributed by atoms with E-state index in [1.807, 2.05) is 74.5 Å². The summed E-state index contributed by atoms with van der Waals surface area (Å²) >= 11 is 1.26. The van der Waals surface area contributed by atoms with E-state index in [0.29, 0.717) is 6.41 Å². The highest BCUT2D eigenvalue weighted by Crippen LogP contribution is 2.57. The maximum absolute atomic E-state index is 13.1. The molecule has 2 heterocycles. The molecule has 1 unspecified atom stereocenters. The van der Waals surface area contributed by atoms with Crippen LogP contribution in [0.3, 0.4) is 0 Å². The summed E-state index contributed by atoms with van der Waals surface area (Å²) in [5.74, 6) is -1.35. The van der Waals surface area contributed by atoms with Gasteiger partial charge in [-0.3, -0.25) is 19.3 Å². The molecule has 0 spiro atoms. The number of rotatable bonds is 8. The second-order valence-electron chi connectivity index (χ2n) is 8.53. The van der Waals surface area contributed by atoms with Crippen molar-refractivity contribution < 1.29 is 23.9 Å². The van der Waals surface area contributed by atoms with Crippen molar-refractivity contribution >= 4 is 36.0 Å². The molecule has 2 aromatic carbocycles. The molecular weight excluding hydrogens is 442 g/mol. The number of fused-ring (bicyclic) bond motifs is 1. The fraction of sp³-hybridized carbons (Fsp3) is 0.333. The molecule has 9 heteroatoms. The van der Waals surface area contributed by atoms with Gasteiger partial charge in [0, 0.05) is 4.75 Å². The summed E-state index contributed by atoms with van der Waals surface area (Å²) in [6.07, 6.45) is 0.578. The molecule has 172 valence electrons. The summed E-state index contributed by atoms with van der Waals surface area (Å²) in [5.41, 5.74) is 1.63. The average Bonchev–Trinajstić information content (AvgIpc) is 3.01. The lowest BCUT2D eigenvalue weighted by Crippen LogP contribution is -2.82. The van der Waals surface area contributed by atoms with E-state index in [1.165, 1.54) is 16.7 Å². The van der Waals surface area contributed by atoms with Gasteiger partial charge in [-0.1, -0.05) is 60.7 Å². The van der Waals surface area contributed by atoms with Crippen LogP contribution in [-0.4, -0.2) is 50.9 Å². The number of thioether (sulfide) groups is 1. The Bertz CT molecular complexity index is 1060. The highest BCUT2D eigenvalue weighted by atomic mass is 32.2. The van der Waals surface area contributed by atoms with E-state index in [2.05, 4.69) is 10.6 Å². The van der Waals surface area contributed by atoms with E-state index in [0.717, 1.165) is 11.1 Å². The molecule has 4 rings (SSSR count). The molecule has 8 nitrogen and oxygen atoms in total. The van der Waals surface area contributed by atoms with Crippen molar-refractivity contribution in [2.75, 3.05) is 0 Å². The minimum Gasteiger partial charge on any atom is -0.459 e. The molecule has 0 aliphatic carbocycles. The largest absolute Gasteiger partial charge is 0.459 e. The van der Waals surface area contributed by atoms with Gasteiger partial charge in [0.1, 0.15) is 12.6 Å². The third kappa shape index (κ3) is 4.20. The second-order valence-corrected chi connectivity index (χ2v) is 10.4. The molecule has 2 aliphatic heterocycles. The van der Waals surface area contributed by atoms with Crippen LogP contribution in [-0.2, 0) is 36.9 Å². The minimum atomic E-state index is -1.26. The quantitative estimate of drug-likeness (QED) is 0.347. The van der Waals surface area contributed by atoms with Gasteiger partial charge >= 0.3 is 5.97 Å². The number of nitrogens with zero attached hydrogens (tertiary/aromatic N) is 1. The number of β-lactam (4-membered cyclic amide) rings is 1. The number of carbonyl (C=O) groups excluding carboxylic acids is 4. The number of amides is 3. The molecule has 2 aromatic rings. The fourth-order valence-electron chi connectivity index (χ4n) is 4.35. The Kier molecular flexibility index (Phi) is 6.16. The lowest BCUT2D eigenvalue weighted by atomic mass is 9.92. The van der Waals surface area contributed by atoms with Gasteiger partial charge in [0.25, 0.3) is 5.91 Å². The molecule has 2 fully saturated rings. The zero-order chi connectivity index (χ0) is 23.6. The first kappa shape index (κ1) is 22.8. The Morgan fingerprint density at radius 1 is 1.06 bits per heavy atom. The van der Waals surface area contributed by atoms with Crippen molar-refractivity contribution in [2.24, 2.45) is 0 Å². The first-order valence-corrected chi connectivity index (χ1v) is 11.4. The maximum Gasteiger partial charge on any atom is 0.330 e. The first-order chi connectivity index (χ1) is 15.8. The molecule has 3 amide bonds. The van der Waals surface area contributed by atoms with Crippen molar-refractivity contribution in [1.29, 1.82) is 0 Å². The van der Waals surface area contributed by atoms with Crippen LogP contribution in [0.4, 0.5) is 0 Å². The van der Waals surface area contributed by atoms with Crippen LogP contribution in [0.2, 0.25) is 0 Å². The van der Waals surface area contributed by atoms with Gasteiger partial charge < -0.3 is 15.4 Å². The molecule has 0 saturated carbocycles. The molecular formula is C24H25N3O5S. The van der Waals surface area contributed by atoms with Crippen LogP contribution in [0.5, 0.6) is 0 Å². The normalized spacial score (nSPS) is 24.9. The number of hydrogen-bond acceptors (Lipinski definition) is 6. The van der Waals surface area contributed by atoms with E-state index >= 15 is 0 Å². The smallest absolute Gasteiger partial charge is 0.330 e. The molecule has 2 aliphatic rings. The van der Waals surface area contributed by atoms with Crippen LogP contribution in [0.1, 0.15) is 25.0 Å². The Labute approximate surface area is 196 Å². The number of hydrogen-bond donors (Lipinski definition) is 2. The standard InChI is InChI=1S/C24H25N3O5S/c1-23(2)20(22(31)32-14-17-11-7-4-8-12-17)27-21(30)19(24(27,33-23)25-15-28)26-18(29)13-16-9-5-3-6-10-16/h3-12,15,19-20H,13-14H2,1-2H3,(H,25,28)(H,26,29)/t19-,20+,24?/m1/s1. The number of carbonyl (C=O) groups is 4. The third-order valence-corrected chi connectivity index (χ3v) is 7.41. The van der Waals surface area contributed by atoms with Crippen molar-refractivity contribution in [3.05, 3.63) is 71.8 Å². The van der Waals surface area contributed by atoms with Gasteiger partial charge in [-0.2, -0.15) is 0 Å². The topological polar surface area (TPSA) is 105 Å². The number of benzene rings is 2. The highest BCUT2D eigenvalue weighted by Gasteiger charge is 2.74. The Balaban J connectivity index is 1.51. The molecule has 2 saturated heterocycles. The molecule has 0 aromatic heterocycles. The number of esters is 1. The average molecular weight is 468 g/mol. The first-order valence-electron chi connectivity index (χ1n) is 10.6. The lowest BCUT2D eigenvalue weighted by Gasteiger charge is -2.52. The molecule has 2 N–H and O–H groups in total. The summed E-state index contributed by atoms with van der Waals surface area (Å²) in [5, 5.41) is 5.43. The fourth-order valence-corrected chi connectivity index (χ4v) is 6.15. The van der Waals surface area contributed by atoms with Crippen LogP contribution < -0.4 is 10.6 Å². The monoisotopic (exact) mass is 467 g/mol. The van der Waals surface area contributed by atoms with Crippen molar-refractivity contribution in [1.82, 2.24) is 15.5 Å². The van der Waals surface area contributed by atoms with Crippen LogP contribution >= 0.6 is 11.8 Å². The molecule has 0 bridgehead atoms. The third-order valence-electron chi connectivity index (χ3n) is 5.79. The Morgan fingerprint density at radius 2 is 1.67 bits per heavy atom. The van der Waals surface area contributed by atoms with Crippen LogP contribution in [0, 0.1) is 0 Å². The summed E-state index contributed by atoms with van der Waals surface area (Å²) in [6, 6.07) is 16.5. The van der Waals surface area contributed by atoms with Crippen molar-refractivity contribution in [3.8, 4) is 0 Å². The summed E-state index contributed by atoms with van der Waals surface area (Å²) in [7, 11) is 0. The number of nitrogens with one attached hydrogen (secondary N) is 2.